The van der Waals surface area contributed by atoms with Crippen LogP contribution in [0.2, 0.25) is 0 Å². The summed E-state index contributed by atoms with van der Waals surface area (Å²) in [5.41, 5.74) is 7.27. The summed E-state index contributed by atoms with van der Waals surface area (Å²) < 4.78 is 11.1. The van der Waals surface area contributed by atoms with Gasteiger partial charge in [-0.2, -0.15) is 0 Å². The van der Waals surface area contributed by atoms with Gasteiger partial charge in [0.25, 0.3) is 0 Å². The lowest BCUT2D eigenvalue weighted by molar-refractivity contribution is 0.237. The van der Waals surface area contributed by atoms with Crippen molar-refractivity contribution in [2.75, 3.05) is 20.3 Å². The molecule has 1 aromatic carbocycles. The van der Waals surface area contributed by atoms with E-state index in [1.54, 1.807) is 7.11 Å². The van der Waals surface area contributed by atoms with Gasteiger partial charge in [-0.25, -0.2) is 0 Å². The van der Waals surface area contributed by atoms with Gasteiger partial charge in [0.05, 0.1) is 13.7 Å². The van der Waals surface area contributed by atoms with E-state index in [1.165, 1.54) is 12.0 Å². The fraction of sp³-hybridized carbons (Fsp3) is 0.571. The van der Waals surface area contributed by atoms with Crippen molar-refractivity contribution in [1.29, 1.82) is 0 Å². The average Bonchev–Trinajstić information content (AvgIpc) is 2.29. The first kappa shape index (κ1) is 12.2. The molecule has 3 nitrogen and oxygen atoms in total. The van der Waals surface area contributed by atoms with Crippen LogP contribution >= 0.6 is 0 Å². The molecule has 0 spiro atoms. The summed E-state index contributed by atoms with van der Waals surface area (Å²) in [5, 5.41) is 0. The van der Waals surface area contributed by atoms with Crippen LogP contribution in [0.15, 0.2) is 18.2 Å². The monoisotopic (exact) mass is 235 g/mol. The molecule has 0 atom stereocenters. The van der Waals surface area contributed by atoms with Crippen molar-refractivity contribution in [3.8, 4) is 11.5 Å². The lowest BCUT2D eigenvalue weighted by Gasteiger charge is -2.42. The number of ether oxygens (including phenoxy) is 2. The van der Waals surface area contributed by atoms with Crippen molar-refractivity contribution in [3.05, 3.63) is 23.8 Å². The minimum Gasteiger partial charge on any atom is -0.493 e. The maximum Gasteiger partial charge on any atom is 0.164 e. The molecule has 0 bridgehead atoms. The van der Waals surface area contributed by atoms with E-state index in [-0.39, 0.29) is 5.41 Å². The first-order valence-electron chi connectivity index (χ1n) is 6.28. The van der Waals surface area contributed by atoms with Gasteiger partial charge in [0.1, 0.15) is 0 Å². The maximum absolute atomic E-state index is 5.95. The van der Waals surface area contributed by atoms with Gasteiger partial charge in [0, 0.05) is 17.5 Å². The van der Waals surface area contributed by atoms with Crippen LogP contribution in [0.1, 0.15) is 31.7 Å². The van der Waals surface area contributed by atoms with Gasteiger partial charge in [-0.1, -0.05) is 18.6 Å². The summed E-state index contributed by atoms with van der Waals surface area (Å²) in [5.74, 6) is 1.69. The molecule has 3 heteroatoms. The molecule has 0 unspecified atom stereocenters. The Morgan fingerprint density at radius 1 is 1.35 bits per heavy atom. The van der Waals surface area contributed by atoms with Crippen LogP contribution in [0, 0.1) is 0 Å². The summed E-state index contributed by atoms with van der Waals surface area (Å²) >= 11 is 0. The highest BCUT2D eigenvalue weighted by Gasteiger charge is 2.40. The van der Waals surface area contributed by atoms with Crippen LogP contribution in [-0.2, 0) is 5.41 Å². The zero-order valence-corrected chi connectivity index (χ0v) is 10.7. The standard InChI is InChI=1S/C14H21NO2/c1-3-17-12-7-4-6-11(13(12)16-2)14(10-15)8-5-9-14/h4,6-7H,3,5,8-10,15H2,1-2H3. The number of nitrogens with two attached hydrogens (primary N) is 1. The van der Waals surface area contributed by atoms with E-state index in [1.807, 2.05) is 19.1 Å². The van der Waals surface area contributed by atoms with Crippen LogP contribution in [0.25, 0.3) is 0 Å². The van der Waals surface area contributed by atoms with Gasteiger partial charge in [-0.15, -0.1) is 0 Å². The molecule has 0 aliphatic heterocycles. The molecule has 0 saturated heterocycles. The highest BCUT2D eigenvalue weighted by molar-refractivity contribution is 5.51. The van der Waals surface area contributed by atoms with Crippen molar-refractivity contribution in [3.63, 3.8) is 0 Å². The molecule has 1 saturated carbocycles. The van der Waals surface area contributed by atoms with E-state index < -0.39 is 0 Å². The van der Waals surface area contributed by atoms with Crippen molar-refractivity contribution in [2.45, 2.75) is 31.6 Å². The second-order valence-electron chi connectivity index (χ2n) is 4.61. The fourth-order valence-corrected chi connectivity index (χ4v) is 2.60. The Morgan fingerprint density at radius 3 is 2.59 bits per heavy atom. The number of rotatable bonds is 5. The van der Waals surface area contributed by atoms with Crippen LogP contribution in [0.3, 0.4) is 0 Å². The van der Waals surface area contributed by atoms with Crippen molar-refractivity contribution < 1.29 is 9.47 Å². The van der Waals surface area contributed by atoms with E-state index in [0.717, 1.165) is 24.3 Å². The van der Waals surface area contributed by atoms with Gasteiger partial charge < -0.3 is 15.2 Å². The molecule has 2 rings (SSSR count). The molecule has 1 aliphatic rings. The van der Waals surface area contributed by atoms with Crippen molar-refractivity contribution in [2.24, 2.45) is 5.73 Å². The van der Waals surface area contributed by atoms with Crippen LogP contribution in [-0.4, -0.2) is 20.3 Å². The van der Waals surface area contributed by atoms with E-state index in [4.69, 9.17) is 15.2 Å². The van der Waals surface area contributed by atoms with Crippen molar-refractivity contribution in [1.82, 2.24) is 0 Å². The highest BCUT2D eigenvalue weighted by atomic mass is 16.5. The molecule has 1 aliphatic carbocycles. The Labute approximate surface area is 103 Å². The number of hydrogen-bond donors (Lipinski definition) is 1. The van der Waals surface area contributed by atoms with E-state index in [9.17, 15) is 0 Å². The third-order valence-electron chi connectivity index (χ3n) is 3.76. The Hall–Kier alpha value is -1.22. The quantitative estimate of drug-likeness (QED) is 0.852. The summed E-state index contributed by atoms with van der Waals surface area (Å²) in [6.07, 6.45) is 3.55. The number of hydrogen-bond acceptors (Lipinski definition) is 3. The minimum atomic E-state index is 0.110. The number of para-hydroxylation sites is 1. The SMILES string of the molecule is CCOc1cccc(C2(CN)CCC2)c1OC. The summed E-state index contributed by atoms with van der Waals surface area (Å²) in [7, 11) is 1.70. The topological polar surface area (TPSA) is 44.5 Å². The van der Waals surface area contributed by atoms with Crippen LogP contribution in [0.5, 0.6) is 11.5 Å². The predicted octanol–water partition coefficient (Wildman–Crippen LogP) is 2.47. The van der Waals surface area contributed by atoms with Gasteiger partial charge >= 0.3 is 0 Å². The van der Waals surface area contributed by atoms with Gasteiger partial charge in [-0.05, 0) is 25.8 Å². The lowest BCUT2D eigenvalue weighted by Crippen LogP contribution is -2.41. The summed E-state index contributed by atoms with van der Waals surface area (Å²) in [4.78, 5) is 0. The zero-order valence-electron chi connectivity index (χ0n) is 10.7. The first-order valence-corrected chi connectivity index (χ1v) is 6.28. The first-order chi connectivity index (χ1) is 8.27. The Kier molecular flexibility index (Phi) is 3.57. The Balaban J connectivity index is 2.42. The molecule has 1 fully saturated rings. The Morgan fingerprint density at radius 2 is 2.12 bits per heavy atom. The maximum atomic E-state index is 5.95. The molecule has 0 radical (unpaired) electrons. The largest absolute Gasteiger partial charge is 0.493 e. The smallest absolute Gasteiger partial charge is 0.164 e. The van der Waals surface area contributed by atoms with Gasteiger partial charge in [0.15, 0.2) is 11.5 Å². The normalized spacial score (nSPS) is 17.4. The van der Waals surface area contributed by atoms with E-state index in [2.05, 4.69) is 6.07 Å². The molecule has 0 heterocycles. The molecule has 2 N–H and O–H groups in total. The second kappa shape index (κ2) is 4.96. The predicted molar refractivity (Wildman–Crippen MR) is 68.7 cm³/mol. The lowest BCUT2D eigenvalue weighted by atomic mass is 9.64. The molecule has 0 aromatic heterocycles. The highest BCUT2D eigenvalue weighted by Crippen LogP contribution is 2.48. The number of benzene rings is 1. The van der Waals surface area contributed by atoms with Crippen LogP contribution in [0.4, 0.5) is 0 Å². The molecule has 1 aromatic rings. The van der Waals surface area contributed by atoms with Crippen molar-refractivity contribution >= 4 is 0 Å². The summed E-state index contributed by atoms with van der Waals surface area (Å²) in [6.45, 7) is 3.31. The molecular weight excluding hydrogens is 214 g/mol. The zero-order chi connectivity index (χ0) is 12.3. The molecule has 0 amide bonds. The molecular formula is C14H21NO2. The Bertz CT molecular complexity index is 380. The average molecular weight is 235 g/mol. The fourth-order valence-electron chi connectivity index (χ4n) is 2.60. The number of methoxy groups -OCH3 is 1. The van der Waals surface area contributed by atoms with Gasteiger partial charge in [0.2, 0.25) is 0 Å². The van der Waals surface area contributed by atoms with Crippen LogP contribution < -0.4 is 15.2 Å². The van der Waals surface area contributed by atoms with E-state index in [0.29, 0.717) is 13.2 Å². The van der Waals surface area contributed by atoms with E-state index >= 15 is 0 Å². The molecule has 17 heavy (non-hydrogen) atoms. The van der Waals surface area contributed by atoms with Gasteiger partial charge in [-0.3, -0.25) is 0 Å². The molecule has 94 valence electrons. The third kappa shape index (κ3) is 2.00. The minimum absolute atomic E-state index is 0.110. The summed E-state index contributed by atoms with van der Waals surface area (Å²) in [6, 6.07) is 6.10. The second-order valence-corrected chi connectivity index (χ2v) is 4.61. The third-order valence-corrected chi connectivity index (χ3v) is 3.76.